The molecule has 0 bridgehead atoms. The molecule has 12 nitrogen and oxygen atoms in total. The molecule has 2 amide bonds. The second-order valence-corrected chi connectivity index (χ2v) is 11.5. The maximum absolute atomic E-state index is 13.4. The van der Waals surface area contributed by atoms with Crippen molar-refractivity contribution in [2.45, 2.75) is 51.6 Å². The van der Waals surface area contributed by atoms with E-state index >= 15 is 0 Å². The summed E-state index contributed by atoms with van der Waals surface area (Å²) in [4.78, 5) is 51.3. The average Bonchev–Trinajstić information content (AvgIpc) is 3.71. The minimum absolute atomic E-state index is 0.0512. The van der Waals surface area contributed by atoms with Gasteiger partial charge in [0.15, 0.2) is 16.7 Å². The Bertz CT molecular complexity index is 1630. The molecule has 0 saturated carbocycles. The number of benzene rings is 1. The van der Waals surface area contributed by atoms with Gasteiger partial charge in [0, 0.05) is 5.69 Å². The Balaban J connectivity index is 1.59. The minimum atomic E-state index is -0.707. The summed E-state index contributed by atoms with van der Waals surface area (Å²) in [7, 11) is 0. The summed E-state index contributed by atoms with van der Waals surface area (Å²) in [6, 6.07) is 10.8. The molecule has 43 heavy (non-hydrogen) atoms. The van der Waals surface area contributed by atoms with Crippen molar-refractivity contribution in [2.24, 2.45) is 0 Å². The van der Waals surface area contributed by atoms with E-state index in [1.165, 1.54) is 6.26 Å². The zero-order valence-electron chi connectivity index (χ0n) is 24.3. The number of carbonyl (C=O) groups excluding carboxylic acids is 4. The van der Waals surface area contributed by atoms with Crippen LogP contribution in [0.3, 0.4) is 0 Å². The Morgan fingerprint density at radius 3 is 2.47 bits per heavy atom. The van der Waals surface area contributed by atoms with Crippen molar-refractivity contribution in [2.75, 3.05) is 18.5 Å². The Hall–Kier alpha value is -4.43. The minimum Gasteiger partial charge on any atom is -0.462 e. The number of thioether (sulfide) groups is 1. The zero-order chi connectivity index (χ0) is 31.1. The van der Waals surface area contributed by atoms with Gasteiger partial charge in [0.05, 0.1) is 36.8 Å². The monoisotopic (exact) mass is 625 g/mol. The maximum Gasteiger partial charge on any atom is 0.348 e. The van der Waals surface area contributed by atoms with Crippen molar-refractivity contribution in [3.63, 3.8) is 0 Å². The first-order valence-electron chi connectivity index (χ1n) is 13.4. The number of aryl methyl sites for hydroxylation is 1. The van der Waals surface area contributed by atoms with Crippen LogP contribution in [0, 0.1) is 13.8 Å². The van der Waals surface area contributed by atoms with Crippen LogP contribution in [0.5, 0.6) is 0 Å². The molecule has 0 fully saturated rings. The van der Waals surface area contributed by atoms with Gasteiger partial charge in [-0.15, -0.1) is 21.5 Å². The lowest BCUT2D eigenvalue weighted by molar-refractivity contribution is -0.115. The van der Waals surface area contributed by atoms with E-state index in [0.717, 1.165) is 34.3 Å². The lowest BCUT2D eigenvalue weighted by Gasteiger charge is -2.14. The summed E-state index contributed by atoms with van der Waals surface area (Å²) < 4.78 is 17.2. The van der Waals surface area contributed by atoms with Crippen LogP contribution in [0.4, 0.5) is 5.00 Å². The zero-order valence-corrected chi connectivity index (χ0v) is 25.9. The number of hydrogen-bond donors (Lipinski definition) is 2. The molecule has 226 valence electrons. The van der Waals surface area contributed by atoms with Gasteiger partial charge in [-0.25, -0.2) is 9.59 Å². The van der Waals surface area contributed by atoms with Gasteiger partial charge in [-0.1, -0.05) is 23.9 Å². The van der Waals surface area contributed by atoms with E-state index in [1.54, 1.807) is 44.4 Å². The highest BCUT2D eigenvalue weighted by molar-refractivity contribution is 8.00. The van der Waals surface area contributed by atoms with Crippen molar-refractivity contribution in [3.05, 3.63) is 75.8 Å². The van der Waals surface area contributed by atoms with Gasteiger partial charge in [0.1, 0.15) is 9.88 Å². The first kappa shape index (κ1) is 31.5. The highest BCUT2D eigenvalue weighted by Gasteiger charge is 2.29. The molecule has 1 aromatic carbocycles. The van der Waals surface area contributed by atoms with E-state index in [2.05, 4.69) is 20.8 Å². The molecule has 0 aliphatic rings. The fraction of sp³-hybridized carbons (Fsp3) is 0.310. The topological polar surface area (TPSA) is 155 Å². The van der Waals surface area contributed by atoms with Gasteiger partial charge in [0.25, 0.3) is 5.91 Å². The van der Waals surface area contributed by atoms with Crippen LogP contribution in [0.1, 0.15) is 68.3 Å². The van der Waals surface area contributed by atoms with Crippen LogP contribution in [0.25, 0.3) is 5.69 Å². The number of amides is 2. The third-order valence-electron chi connectivity index (χ3n) is 6.09. The highest BCUT2D eigenvalue weighted by atomic mass is 32.2. The third kappa shape index (κ3) is 7.32. The summed E-state index contributed by atoms with van der Waals surface area (Å²) >= 11 is 2.10. The summed E-state index contributed by atoms with van der Waals surface area (Å²) in [6.45, 7) is 8.94. The van der Waals surface area contributed by atoms with Crippen LogP contribution in [-0.4, -0.2) is 57.0 Å². The number of rotatable bonds is 12. The van der Waals surface area contributed by atoms with E-state index in [-0.39, 0.29) is 41.0 Å². The number of thiophene rings is 1. The second kappa shape index (κ2) is 14.2. The number of nitrogens with one attached hydrogen (secondary N) is 2. The summed E-state index contributed by atoms with van der Waals surface area (Å²) in [5.41, 5.74) is 2.23. The number of esters is 2. The summed E-state index contributed by atoms with van der Waals surface area (Å²) in [5, 5.41) is 14.1. The van der Waals surface area contributed by atoms with Crippen molar-refractivity contribution >= 4 is 51.9 Å². The van der Waals surface area contributed by atoms with E-state index in [0.29, 0.717) is 16.5 Å². The smallest absolute Gasteiger partial charge is 0.348 e. The molecule has 1 atom stereocenters. The molecule has 0 aliphatic heterocycles. The molecule has 0 radical (unpaired) electrons. The molecule has 0 aliphatic carbocycles. The molecule has 3 aromatic heterocycles. The van der Waals surface area contributed by atoms with Crippen molar-refractivity contribution < 1.29 is 33.1 Å². The van der Waals surface area contributed by atoms with Crippen LogP contribution >= 0.6 is 23.1 Å². The fourth-order valence-electron chi connectivity index (χ4n) is 4.04. The molecule has 14 heteroatoms. The normalized spacial score (nSPS) is 11.6. The molecular formula is C29H31N5O7S2. The Labute approximate surface area is 256 Å². The Kier molecular flexibility index (Phi) is 10.4. The number of aromatic nitrogens is 3. The third-order valence-corrected chi connectivity index (χ3v) is 8.32. The van der Waals surface area contributed by atoms with Gasteiger partial charge in [-0.3, -0.25) is 14.2 Å². The SMILES string of the molecule is CCOC(=O)c1sc(NC(=O)C(C)Sc2nnc(CNC(=O)c3ccco3)n2-c2cccc(C)c2)c(C(=O)OCC)c1C. The molecular weight excluding hydrogens is 594 g/mol. The van der Waals surface area contributed by atoms with Gasteiger partial charge in [-0.05, 0) is 70.0 Å². The predicted octanol–water partition coefficient (Wildman–Crippen LogP) is 4.94. The molecule has 4 rings (SSSR count). The van der Waals surface area contributed by atoms with Crippen LogP contribution < -0.4 is 10.6 Å². The number of anilines is 1. The van der Waals surface area contributed by atoms with E-state index < -0.39 is 29.0 Å². The first-order valence-corrected chi connectivity index (χ1v) is 15.1. The molecule has 4 aromatic rings. The maximum atomic E-state index is 13.4. The first-order chi connectivity index (χ1) is 20.6. The lowest BCUT2D eigenvalue weighted by Crippen LogP contribution is -2.25. The Morgan fingerprint density at radius 2 is 1.79 bits per heavy atom. The number of furan rings is 1. The number of carbonyl (C=O) groups is 4. The standard InChI is InChI=1S/C29H31N5O7S2/c1-6-39-27(37)22-17(4)23(28(38)40-7-2)43-26(22)31-24(35)18(5)42-29-33-32-21(15-30-25(36)20-12-9-13-41-20)34(29)19-11-8-10-16(3)14-19/h8-14,18H,6-7,15H2,1-5H3,(H,30,36)(H,31,35). The molecule has 2 N–H and O–H groups in total. The van der Waals surface area contributed by atoms with Gasteiger partial charge >= 0.3 is 11.9 Å². The van der Waals surface area contributed by atoms with E-state index in [1.807, 2.05) is 31.2 Å². The Morgan fingerprint density at radius 1 is 1.05 bits per heavy atom. The van der Waals surface area contributed by atoms with Crippen molar-refractivity contribution in [3.8, 4) is 5.69 Å². The molecule has 3 heterocycles. The molecule has 0 saturated heterocycles. The van der Waals surface area contributed by atoms with Crippen LogP contribution in [0.2, 0.25) is 0 Å². The van der Waals surface area contributed by atoms with E-state index in [9.17, 15) is 19.2 Å². The van der Waals surface area contributed by atoms with Gasteiger partial charge in [-0.2, -0.15) is 0 Å². The highest BCUT2D eigenvalue weighted by Crippen LogP contribution is 2.35. The van der Waals surface area contributed by atoms with Crippen molar-refractivity contribution in [1.82, 2.24) is 20.1 Å². The second-order valence-electron chi connectivity index (χ2n) is 9.18. The lowest BCUT2D eigenvalue weighted by atomic mass is 10.1. The largest absolute Gasteiger partial charge is 0.462 e. The number of ether oxygens (including phenoxy) is 2. The summed E-state index contributed by atoms with van der Waals surface area (Å²) in [5.74, 6) is -1.47. The van der Waals surface area contributed by atoms with Crippen LogP contribution in [0.15, 0.2) is 52.2 Å². The van der Waals surface area contributed by atoms with Gasteiger partial charge < -0.3 is 24.5 Å². The number of nitrogens with zero attached hydrogens (tertiary/aromatic N) is 3. The van der Waals surface area contributed by atoms with Crippen molar-refractivity contribution in [1.29, 1.82) is 0 Å². The number of hydrogen-bond acceptors (Lipinski definition) is 11. The van der Waals surface area contributed by atoms with Crippen LogP contribution in [-0.2, 0) is 20.8 Å². The van der Waals surface area contributed by atoms with E-state index in [4.69, 9.17) is 13.9 Å². The van der Waals surface area contributed by atoms with Gasteiger partial charge in [0.2, 0.25) is 5.91 Å². The predicted molar refractivity (Wildman–Crippen MR) is 161 cm³/mol. The fourth-order valence-corrected chi connectivity index (χ4v) is 6.02. The average molecular weight is 626 g/mol. The quantitative estimate of drug-likeness (QED) is 0.163. The molecule has 0 spiro atoms. The summed E-state index contributed by atoms with van der Waals surface area (Å²) in [6.07, 6.45) is 1.41. The molecule has 1 unspecified atom stereocenters.